The molecule has 2 amide bonds. The third-order valence-electron chi connectivity index (χ3n) is 4.66. The van der Waals surface area contributed by atoms with E-state index in [1.165, 1.54) is 4.90 Å². The third kappa shape index (κ3) is 4.53. The van der Waals surface area contributed by atoms with Crippen LogP contribution in [0.4, 0.5) is 5.69 Å². The molecule has 1 fully saturated rings. The number of unbranched alkanes of at least 4 members (excludes halogenated alkanes) is 2. The molecule has 7 nitrogen and oxygen atoms in total. The number of benzene rings is 1. The van der Waals surface area contributed by atoms with Gasteiger partial charge in [0.2, 0.25) is 5.91 Å². The largest absolute Gasteiger partial charge is 0.388 e. The van der Waals surface area contributed by atoms with Crippen LogP contribution >= 0.6 is 0 Å². The number of hydrogen-bond donors (Lipinski definition) is 3. The Morgan fingerprint density at radius 1 is 1.27 bits per heavy atom. The molecule has 144 valence electrons. The van der Waals surface area contributed by atoms with Crippen molar-refractivity contribution in [3.8, 4) is 0 Å². The number of carbonyl (C=O) groups excluding carboxylic acids is 2. The second-order valence-electron chi connectivity index (χ2n) is 6.90. The molecule has 3 atom stereocenters. The highest BCUT2D eigenvalue weighted by Gasteiger charge is 2.46. The fraction of sp³-hybridized carbons (Fsp3) is 0.579. The van der Waals surface area contributed by atoms with Gasteiger partial charge in [0, 0.05) is 31.9 Å². The molecule has 26 heavy (non-hydrogen) atoms. The molecule has 0 unspecified atom stereocenters. The normalized spacial score (nSPS) is 22.3. The third-order valence-corrected chi connectivity index (χ3v) is 4.66. The van der Waals surface area contributed by atoms with E-state index in [1.807, 2.05) is 25.1 Å². The summed E-state index contributed by atoms with van der Waals surface area (Å²) in [7, 11) is 3.75. The quantitative estimate of drug-likeness (QED) is 0.617. The van der Waals surface area contributed by atoms with Gasteiger partial charge in [-0.2, -0.15) is 0 Å². The number of hydrogen-bond acceptors (Lipinski definition) is 5. The SMILES string of the molecule is CCCCCNC(=O)[C@@H]1[C@@H](O)[C@@H](O)CN1C(=O)c1cccc(N(C)C)c1. The first-order chi connectivity index (χ1) is 12.4. The fourth-order valence-electron chi connectivity index (χ4n) is 3.10. The van der Waals surface area contributed by atoms with Crippen LogP contribution in [-0.4, -0.2) is 72.4 Å². The fourth-order valence-corrected chi connectivity index (χ4v) is 3.10. The molecule has 0 bridgehead atoms. The molecule has 0 radical (unpaired) electrons. The first-order valence-electron chi connectivity index (χ1n) is 9.09. The van der Waals surface area contributed by atoms with Gasteiger partial charge < -0.3 is 25.3 Å². The van der Waals surface area contributed by atoms with Crippen molar-refractivity contribution in [2.24, 2.45) is 0 Å². The highest BCUT2D eigenvalue weighted by Crippen LogP contribution is 2.23. The number of carbonyl (C=O) groups is 2. The van der Waals surface area contributed by atoms with Crippen molar-refractivity contribution < 1.29 is 19.8 Å². The van der Waals surface area contributed by atoms with Crippen LogP contribution in [0.1, 0.15) is 36.5 Å². The van der Waals surface area contributed by atoms with Crippen LogP contribution in [0.15, 0.2) is 24.3 Å². The summed E-state index contributed by atoms with van der Waals surface area (Å²) in [5.74, 6) is -0.805. The number of aliphatic hydroxyl groups excluding tert-OH is 2. The predicted molar refractivity (Wildman–Crippen MR) is 100 cm³/mol. The molecule has 7 heteroatoms. The molecule has 3 N–H and O–H groups in total. The van der Waals surface area contributed by atoms with Crippen LogP contribution < -0.4 is 10.2 Å². The standard InChI is InChI=1S/C19H29N3O4/c1-4-5-6-10-20-18(25)16-17(24)15(23)12-22(16)19(26)13-8-7-9-14(11-13)21(2)3/h7-9,11,15-17,23-24H,4-6,10,12H2,1-3H3,(H,20,25)/t15-,16-,17-/m0/s1. The number of nitrogens with zero attached hydrogens (tertiary/aromatic N) is 2. The highest BCUT2D eigenvalue weighted by atomic mass is 16.3. The van der Waals surface area contributed by atoms with E-state index < -0.39 is 24.2 Å². The molecular formula is C19H29N3O4. The lowest BCUT2D eigenvalue weighted by atomic mass is 10.1. The van der Waals surface area contributed by atoms with E-state index in [1.54, 1.807) is 18.2 Å². The van der Waals surface area contributed by atoms with Gasteiger partial charge in [0.05, 0.1) is 6.54 Å². The first kappa shape index (κ1) is 20.2. The minimum atomic E-state index is -1.29. The van der Waals surface area contributed by atoms with Gasteiger partial charge in [-0.1, -0.05) is 25.8 Å². The Morgan fingerprint density at radius 3 is 2.65 bits per heavy atom. The van der Waals surface area contributed by atoms with Crippen molar-refractivity contribution in [1.82, 2.24) is 10.2 Å². The second-order valence-corrected chi connectivity index (χ2v) is 6.90. The van der Waals surface area contributed by atoms with Crippen molar-refractivity contribution in [1.29, 1.82) is 0 Å². The number of rotatable bonds is 7. The van der Waals surface area contributed by atoms with Crippen molar-refractivity contribution in [3.05, 3.63) is 29.8 Å². The number of amides is 2. The smallest absolute Gasteiger partial charge is 0.254 e. The van der Waals surface area contributed by atoms with Gasteiger partial charge in [0.1, 0.15) is 18.2 Å². The summed E-state index contributed by atoms with van der Waals surface area (Å²) >= 11 is 0. The zero-order valence-electron chi connectivity index (χ0n) is 15.7. The monoisotopic (exact) mass is 363 g/mol. The lowest BCUT2D eigenvalue weighted by Crippen LogP contribution is -2.50. The Balaban J connectivity index is 2.15. The summed E-state index contributed by atoms with van der Waals surface area (Å²) in [4.78, 5) is 28.6. The Hall–Kier alpha value is -2.12. The van der Waals surface area contributed by atoms with Gasteiger partial charge in [0.25, 0.3) is 5.91 Å². The van der Waals surface area contributed by atoms with Crippen LogP contribution in [-0.2, 0) is 4.79 Å². The molecule has 2 rings (SSSR count). The predicted octanol–water partition coefficient (Wildman–Crippen LogP) is 0.605. The number of β-amino-alcohol motifs (C(OH)–C–C–N with tert-alkyl or cyclic N) is 1. The van der Waals surface area contributed by atoms with Crippen molar-refractivity contribution in [3.63, 3.8) is 0 Å². The van der Waals surface area contributed by atoms with E-state index in [-0.39, 0.29) is 12.5 Å². The Bertz CT molecular complexity index is 635. The van der Waals surface area contributed by atoms with Crippen LogP contribution in [0.5, 0.6) is 0 Å². The summed E-state index contributed by atoms with van der Waals surface area (Å²) < 4.78 is 0. The number of aliphatic hydroxyl groups is 2. The van der Waals surface area contributed by atoms with E-state index in [4.69, 9.17) is 0 Å². The van der Waals surface area contributed by atoms with Crippen molar-refractivity contribution in [2.45, 2.75) is 44.4 Å². The number of anilines is 1. The van der Waals surface area contributed by atoms with E-state index in [0.29, 0.717) is 12.1 Å². The molecule has 1 saturated heterocycles. The first-order valence-corrected chi connectivity index (χ1v) is 9.09. The van der Waals surface area contributed by atoms with E-state index >= 15 is 0 Å². The van der Waals surface area contributed by atoms with Crippen molar-refractivity contribution >= 4 is 17.5 Å². The molecule has 0 spiro atoms. The van der Waals surface area contributed by atoms with Crippen LogP contribution in [0.2, 0.25) is 0 Å². The van der Waals surface area contributed by atoms with E-state index in [2.05, 4.69) is 12.2 Å². The van der Waals surface area contributed by atoms with Gasteiger partial charge in [-0.25, -0.2) is 0 Å². The summed E-state index contributed by atoms with van der Waals surface area (Å²) in [6.07, 6.45) is 0.445. The number of likely N-dealkylation sites (tertiary alicyclic amines) is 1. The van der Waals surface area contributed by atoms with Gasteiger partial charge in [-0.05, 0) is 24.6 Å². The van der Waals surface area contributed by atoms with Crippen LogP contribution in [0, 0.1) is 0 Å². The lowest BCUT2D eigenvalue weighted by Gasteiger charge is -2.25. The zero-order valence-corrected chi connectivity index (χ0v) is 15.7. The molecule has 1 heterocycles. The van der Waals surface area contributed by atoms with Gasteiger partial charge in [0.15, 0.2) is 0 Å². The molecule has 0 aliphatic carbocycles. The molecular weight excluding hydrogens is 334 g/mol. The van der Waals surface area contributed by atoms with Gasteiger partial charge in [-0.3, -0.25) is 9.59 Å². The summed E-state index contributed by atoms with van der Waals surface area (Å²) in [6.45, 7) is 2.49. The summed E-state index contributed by atoms with van der Waals surface area (Å²) in [5.41, 5.74) is 1.28. The number of nitrogens with one attached hydrogen (secondary N) is 1. The Kier molecular flexibility index (Phi) is 6.99. The molecule has 1 aromatic rings. The Morgan fingerprint density at radius 2 is 2.00 bits per heavy atom. The van der Waals surface area contributed by atoms with Crippen LogP contribution in [0.25, 0.3) is 0 Å². The maximum Gasteiger partial charge on any atom is 0.254 e. The minimum absolute atomic E-state index is 0.0702. The minimum Gasteiger partial charge on any atom is -0.388 e. The van der Waals surface area contributed by atoms with E-state index in [9.17, 15) is 19.8 Å². The molecule has 1 aliphatic heterocycles. The molecule has 1 aliphatic rings. The van der Waals surface area contributed by atoms with Crippen molar-refractivity contribution in [2.75, 3.05) is 32.1 Å². The Labute approximate surface area is 154 Å². The average molecular weight is 363 g/mol. The maximum absolute atomic E-state index is 12.9. The lowest BCUT2D eigenvalue weighted by molar-refractivity contribution is -0.128. The van der Waals surface area contributed by atoms with E-state index in [0.717, 1.165) is 24.9 Å². The molecule has 0 saturated carbocycles. The maximum atomic E-state index is 12.9. The van der Waals surface area contributed by atoms with Gasteiger partial charge in [-0.15, -0.1) is 0 Å². The molecule has 1 aromatic carbocycles. The van der Waals surface area contributed by atoms with Crippen LogP contribution in [0.3, 0.4) is 0 Å². The van der Waals surface area contributed by atoms with Gasteiger partial charge >= 0.3 is 0 Å². The average Bonchev–Trinajstić information content (AvgIpc) is 2.93. The summed E-state index contributed by atoms with van der Waals surface area (Å²) in [6, 6.07) is 5.97. The summed E-state index contributed by atoms with van der Waals surface area (Å²) in [5, 5.41) is 23.0. The zero-order chi connectivity index (χ0) is 19.3. The molecule has 0 aromatic heterocycles. The second kappa shape index (κ2) is 9.00. The highest BCUT2D eigenvalue weighted by molar-refractivity contribution is 5.99. The topological polar surface area (TPSA) is 93.1 Å².